The summed E-state index contributed by atoms with van der Waals surface area (Å²) in [5.74, 6) is 1.34. The zero-order valence-electron chi connectivity index (χ0n) is 10.0. The van der Waals surface area contributed by atoms with E-state index in [-0.39, 0.29) is 17.6 Å². The topological polar surface area (TPSA) is 43.1 Å². The van der Waals surface area contributed by atoms with E-state index in [1.54, 1.807) is 0 Å². The molecule has 1 aromatic rings. The molecular weight excluding hydrogens is 202 g/mol. The minimum Gasteiger partial charge on any atom is -0.447 e. The maximum Gasteiger partial charge on any atom is 0.187 e. The summed E-state index contributed by atoms with van der Waals surface area (Å²) in [7, 11) is 0. The van der Waals surface area contributed by atoms with Crippen LogP contribution in [0.2, 0.25) is 0 Å². The van der Waals surface area contributed by atoms with Gasteiger partial charge in [0.25, 0.3) is 0 Å². The minimum absolute atomic E-state index is 0.177. The molecule has 16 heavy (non-hydrogen) atoms. The van der Waals surface area contributed by atoms with E-state index >= 15 is 0 Å². The van der Waals surface area contributed by atoms with E-state index in [0.717, 1.165) is 18.6 Å². The average molecular weight is 221 g/mol. The summed E-state index contributed by atoms with van der Waals surface area (Å²) in [5, 5.41) is 0. The Morgan fingerprint density at radius 1 is 1.38 bits per heavy atom. The number of aromatic nitrogens is 1. The zero-order valence-corrected chi connectivity index (χ0v) is 10.0. The van der Waals surface area contributed by atoms with Gasteiger partial charge in [-0.15, -0.1) is 0 Å². The van der Waals surface area contributed by atoms with Gasteiger partial charge in [-0.3, -0.25) is 4.79 Å². The zero-order chi connectivity index (χ0) is 11.5. The fraction of sp³-hybridized carbons (Fsp3) is 0.692. The maximum atomic E-state index is 12.3. The van der Waals surface area contributed by atoms with Gasteiger partial charge in [0.1, 0.15) is 11.5 Å². The summed E-state index contributed by atoms with van der Waals surface area (Å²) in [6.45, 7) is 4.05. The second kappa shape index (κ2) is 4.81. The van der Waals surface area contributed by atoms with E-state index in [4.69, 9.17) is 4.42 Å². The lowest BCUT2D eigenvalue weighted by Gasteiger charge is -2.19. The van der Waals surface area contributed by atoms with Gasteiger partial charge >= 0.3 is 0 Å². The summed E-state index contributed by atoms with van der Waals surface area (Å²) in [4.78, 5) is 16.4. The first-order valence-corrected chi connectivity index (χ1v) is 6.17. The number of Topliss-reactive ketones (excluding diaryl/α,β-unsaturated/α-hetero) is 1. The van der Waals surface area contributed by atoms with Crippen LogP contribution in [-0.4, -0.2) is 10.8 Å². The lowest BCUT2D eigenvalue weighted by molar-refractivity contribution is 0.0882. The fourth-order valence-corrected chi connectivity index (χ4v) is 2.41. The van der Waals surface area contributed by atoms with Crippen molar-refractivity contribution >= 4 is 5.78 Å². The van der Waals surface area contributed by atoms with Crippen LogP contribution in [0.15, 0.2) is 10.8 Å². The molecular formula is C13H19NO2. The van der Waals surface area contributed by atoms with Gasteiger partial charge in [0.05, 0.1) is 0 Å². The normalized spacial score (nSPS) is 17.9. The van der Waals surface area contributed by atoms with Crippen LogP contribution in [0.3, 0.4) is 0 Å². The molecule has 1 aromatic heterocycles. The molecule has 0 saturated heterocycles. The van der Waals surface area contributed by atoms with E-state index in [1.165, 1.54) is 25.7 Å². The summed E-state index contributed by atoms with van der Waals surface area (Å²) in [6.07, 6.45) is 7.04. The molecule has 0 radical (unpaired) electrons. The smallest absolute Gasteiger partial charge is 0.187 e. The highest BCUT2D eigenvalue weighted by atomic mass is 16.3. The molecule has 1 saturated carbocycles. The number of ketones is 1. The van der Waals surface area contributed by atoms with E-state index in [0.29, 0.717) is 5.69 Å². The molecule has 0 spiro atoms. The van der Waals surface area contributed by atoms with Crippen LogP contribution in [0.25, 0.3) is 0 Å². The molecule has 3 nitrogen and oxygen atoms in total. The van der Waals surface area contributed by atoms with Crippen LogP contribution < -0.4 is 0 Å². The van der Waals surface area contributed by atoms with Crippen LogP contribution in [0.5, 0.6) is 0 Å². The summed E-state index contributed by atoms with van der Waals surface area (Å²) in [6, 6.07) is 0. The summed E-state index contributed by atoms with van der Waals surface area (Å²) >= 11 is 0. The minimum atomic E-state index is 0.177. The van der Waals surface area contributed by atoms with Gasteiger partial charge in [-0.25, -0.2) is 4.98 Å². The highest BCUT2D eigenvalue weighted by Gasteiger charge is 2.27. The highest BCUT2D eigenvalue weighted by Crippen LogP contribution is 2.29. The van der Waals surface area contributed by atoms with Crippen molar-refractivity contribution < 1.29 is 9.21 Å². The van der Waals surface area contributed by atoms with Crippen LogP contribution in [0.4, 0.5) is 0 Å². The summed E-state index contributed by atoms with van der Waals surface area (Å²) in [5.41, 5.74) is 0.571. The van der Waals surface area contributed by atoms with Crippen LogP contribution >= 0.6 is 0 Å². The average Bonchev–Trinajstić information content (AvgIpc) is 2.78. The molecule has 3 heteroatoms. The number of carbonyl (C=O) groups is 1. The predicted molar refractivity (Wildman–Crippen MR) is 61.5 cm³/mol. The van der Waals surface area contributed by atoms with Crippen molar-refractivity contribution in [3.63, 3.8) is 0 Å². The molecule has 0 unspecified atom stereocenters. The molecule has 1 aliphatic rings. The van der Waals surface area contributed by atoms with Crippen LogP contribution in [0, 0.1) is 5.92 Å². The number of rotatable bonds is 3. The molecule has 0 bridgehead atoms. The third-order valence-electron chi connectivity index (χ3n) is 3.33. The lowest BCUT2D eigenvalue weighted by atomic mass is 9.84. The van der Waals surface area contributed by atoms with E-state index < -0.39 is 0 Å². The standard InChI is InChI=1S/C13H19NO2/c1-9(2)13-11(14-8-16-13)12(15)10-6-4-3-5-7-10/h8-10H,3-7H2,1-2H3. The van der Waals surface area contributed by atoms with Crippen LogP contribution in [0.1, 0.15) is 68.1 Å². The van der Waals surface area contributed by atoms with E-state index in [1.807, 2.05) is 13.8 Å². The van der Waals surface area contributed by atoms with Gasteiger partial charge in [-0.1, -0.05) is 33.1 Å². The molecule has 1 heterocycles. The lowest BCUT2D eigenvalue weighted by Crippen LogP contribution is -2.19. The second-order valence-electron chi connectivity index (χ2n) is 4.92. The molecule has 1 aliphatic carbocycles. The molecule has 2 rings (SSSR count). The molecule has 1 fully saturated rings. The predicted octanol–water partition coefficient (Wildman–Crippen LogP) is 3.56. The number of nitrogens with zero attached hydrogens (tertiary/aromatic N) is 1. The molecule has 0 aliphatic heterocycles. The van der Waals surface area contributed by atoms with Crippen molar-refractivity contribution in [1.82, 2.24) is 4.98 Å². The van der Waals surface area contributed by atoms with Crippen molar-refractivity contribution in [2.75, 3.05) is 0 Å². The Bertz CT molecular complexity index is 362. The largest absolute Gasteiger partial charge is 0.447 e. The number of hydrogen-bond donors (Lipinski definition) is 0. The van der Waals surface area contributed by atoms with Gasteiger partial charge in [0.2, 0.25) is 0 Å². The van der Waals surface area contributed by atoms with Crippen LogP contribution in [-0.2, 0) is 0 Å². The second-order valence-corrected chi connectivity index (χ2v) is 4.92. The van der Waals surface area contributed by atoms with Crippen molar-refractivity contribution in [2.45, 2.75) is 51.9 Å². The van der Waals surface area contributed by atoms with Crippen molar-refractivity contribution in [3.05, 3.63) is 17.8 Å². The summed E-state index contributed by atoms with van der Waals surface area (Å²) < 4.78 is 5.31. The first-order valence-electron chi connectivity index (χ1n) is 6.17. The Morgan fingerprint density at radius 3 is 2.69 bits per heavy atom. The molecule has 0 N–H and O–H groups in total. The van der Waals surface area contributed by atoms with E-state index in [9.17, 15) is 4.79 Å². The van der Waals surface area contributed by atoms with Crippen molar-refractivity contribution in [3.8, 4) is 0 Å². The first-order chi connectivity index (χ1) is 7.70. The third kappa shape index (κ3) is 2.18. The van der Waals surface area contributed by atoms with Gasteiger partial charge in [0.15, 0.2) is 12.2 Å². The number of oxazole rings is 1. The molecule has 0 atom stereocenters. The molecule has 0 amide bonds. The monoisotopic (exact) mass is 221 g/mol. The SMILES string of the molecule is CC(C)c1ocnc1C(=O)C1CCCCC1. The van der Waals surface area contributed by atoms with E-state index in [2.05, 4.69) is 4.98 Å². The quantitative estimate of drug-likeness (QED) is 0.733. The number of carbonyl (C=O) groups excluding carboxylic acids is 1. The third-order valence-corrected chi connectivity index (χ3v) is 3.33. The highest BCUT2D eigenvalue weighted by molar-refractivity contribution is 5.97. The van der Waals surface area contributed by atoms with Gasteiger partial charge < -0.3 is 4.42 Å². The van der Waals surface area contributed by atoms with Crippen molar-refractivity contribution in [1.29, 1.82) is 0 Å². The number of hydrogen-bond acceptors (Lipinski definition) is 3. The Labute approximate surface area is 96.3 Å². The first kappa shape index (κ1) is 11.4. The maximum absolute atomic E-state index is 12.3. The van der Waals surface area contributed by atoms with Crippen molar-refractivity contribution in [2.24, 2.45) is 5.92 Å². The Balaban J connectivity index is 2.16. The fourth-order valence-electron chi connectivity index (χ4n) is 2.41. The van der Waals surface area contributed by atoms with Gasteiger partial charge in [-0.05, 0) is 12.8 Å². The van der Waals surface area contributed by atoms with Gasteiger partial charge in [0, 0.05) is 11.8 Å². The molecule has 0 aromatic carbocycles. The Hall–Kier alpha value is -1.12. The van der Waals surface area contributed by atoms with Gasteiger partial charge in [-0.2, -0.15) is 0 Å². The Kier molecular flexibility index (Phi) is 3.42. The molecule has 88 valence electrons. The Morgan fingerprint density at radius 2 is 2.06 bits per heavy atom.